The molecule has 1 fully saturated rings. The van der Waals surface area contributed by atoms with E-state index in [0.29, 0.717) is 5.88 Å². The van der Waals surface area contributed by atoms with Crippen LogP contribution in [-0.2, 0) is 15.3 Å². The Labute approximate surface area is 125 Å². The highest BCUT2D eigenvalue weighted by molar-refractivity contribution is 6.30. The quantitative estimate of drug-likeness (QED) is 0.578. The molecule has 0 amide bonds. The summed E-state index contributed by atoms with van der Waals surface area (Å²) in [6.07, 6.45) is 2.94. The van der Waals surface area contributed by atoms with Crippen molar-refractivity contribution >= 4 is 23.2 Å². The van der Waals surface area contributed by atoms with Crippen LogP contribution in [0.5, 0.6) is 0 Å². The molecule has 0 aliphatic carbocycles. The van der Waals surface area contributed by atoms with Gasteiger partial charge in [-0.3, -0.25) is 0 Å². The fourth-order valence-electron chi connectivity index (χ4n) is 2.37. The molecular weight excluding hydrogens is 283 g/mol. The zero-order valence-electron chi connectivity index (χ0n) is 11.4. The molecule has 0 radical (unpaired) electrons. The number of halogens is 2. The standard InChI is InChI=1S/C15H20Cl2O2/c1-11-12(2)19-15(18-11,9-3-4-10-16)13-5-7-14(17)8-6-13/h5-8,11-12H,3-4,9-10H2,1-2H3. The van der Waals surface area contributed by atoms with Crippen molar-refractivity contribution in [2.45, 2.75) is 51.1 Å². The van der Waals surface area contributed by atoms with Gasteiger partial charge in [-0.2, -0.15) is 0 Å². The first-order valence-corrected chi connectivity index (χ1v) is 7.66. The Kier molecular flexibility index (Phi) is 5.13. The second kappa shape index (κ2) is 6.45. The Balaban J connectivity index is 2.21. The molecule has 2 rings (SSSR count). The van der Waals surface area contributed by atoms with Crippen LogP contribution in [0.3, 0.4) is 0 Å². The lowest BCUT2D eigenvalue weighted by atomic mass is 10.00. The van der Waals surface area contributed by atoms with Gasteiger partial charge in [-0.05, 0) is 38.8 Å². The molecule has 19 heavy (non-hydrogen) atoms. The van der Waals surface area contributed by atoms with Gasteiger partial charge in [-0.15, -0.1) is 11.6 Å². The van der Waals surface area contributed by atoms with Crippen LogP contribution in [0.4, 0.5) is 0 Å². The first-order chi connectivity index (χ1) is 9.07. The van der Waals surface area contributed by atoms with Gasteiger partial charge in [0.1, 0.15) is 0 Å². The second-order valence-corrected chi connectivity index (χ2v) is 5.87. The van der Waals surface area contributed by atoms with Gasteiger partial charge in [-0.1, -0.05) is 23.7 Å². The molecule has 0 spiro atoms. The largest absolute Gasteiger partial charge is 0.340 e. The van der Waals surface area contributed by atoms with Crippen molar-refractivity contribution in [2.24, 2.45) is 0 Å². The maximum atomic E-state index is 6.13. The molecule has 1 heterocycles. The molecule has 1 aromatic carbocycles. The van der Waals surface area contributed by atoms with Crippen LogP contribution in [0, 0.1) is 0 Å². The van der Waals surface area contributed by atoms with E-state index in [1.54, 1.807) is 0 Å². The second-order valence-electron chi connectivity index (χ2n) is 5.05. The zero-order chi connectivity index (χ0) is 13.9. The average Bonchev–Trinajstić information content (AvgIpc) is 2.67. The molecule has 0 bridgehead atoms. The van der Waals surface area contributed by atoms with Crippen molar-refractivity contribution in [1.82, 2.24) is 0 Å². The van der Waals surface area contributed by atoms with Gasteiger partial charge in [0.2, 0.25) is 0 Å². The van der Waals surface area contributed by atoms with Crippen molar-refractivity contribution < 1.29 is 9.47 Å². The van der Waals surface area contributed by atoms with Crippen molar-refractivity contribution in [3.8, 4) is 0 Å². The minimum Gasteiger partial charge on any atom is -0.340 e. The van der Waals surface area contributed by atoms with Crippen LogP contribution >= 0.6 is 23.2 Å². The Morgan fingerprint density at radius 2 is 1.63 bits per heavy atom. The first-order valence-electron chi connectivity index (χ1n) is 6.75. The number of rotatable bonds is 5. The third kappa shape index (κ3) is 3.43. The van der Waals surface area contributed by atoms with Crippen LogP contribution in [0.1, 0.15) is 38.7 Å². The topological polar surface area (TPSA) is 18.5 Å². The molecule has 106 valence electrons. The van der Waals surface area contributed by atoms with E-state index in [1.807, 2.05) is 38.1 Å². The summed E-state index contributed by atoms with van der Waals surface area (Å²) < 4.78 is 12.3. The fourth-order valence-corrected chi connectivity index (χ4v) is 2.69. The Bertz CT molecular complexity index is 395. The third-order valence-corrected chi connectivity index (χ3v) is 4.11. The molecule has 1 saturated heterocycles. The molecule has 0 N–H and O–H groups in total. The van der Waals surface area contributed by atoms with Crippen molar-refractivity contribution in [2.75, 3.05) is 5.88 Å². The van der Waals surface area contributed by atoms with Gasteiger partial charge in [0.05, 0.1) is 12.2 Å². The van der Waals surface area contributed by atoms with E-state index in [0.717, 1.165) is 29.8 Å². The Morgan fingerprint density at radius 1 is 1.05 bits per heavy atom. The molecule has 1 aromatic rings. The fraction of sp³-hybridized carbons (Fsp3) is 0.600. The lowest BCUT2D eigenvalue weighted by Gasteiger charge is -2.28. The van der Waals surface area contributed by atoms with E-state index in [-0.39, 0.29) is 12.2 Å². The molecule has 1 aliphatic heterocycles. The normalized spacial score (nSPS) is 30.7. The summed E-state index contributed by atoms with van der Waals surface area (Å²) in [5, 5.41) is 0.721. The summed E-state index contributed by atoms with van der Waals surface area (Å²) in [5.41, 5.74) is 1.03. The van der Waals surface area contributed by atoms with E-state index in [4.69, 9.17) is 32.7 Å². The molecule has 2 nitrogen and oxygen atoms in total. The van der Waals surface area contributed by atoms with Crippen LogP contribution in [-0.4, -0.2) is 18.1 Å². The lowest BCUT2D eigenvalue weighted by Crippen LogP contribution is -2.28. The predicted molar refractivity (Wildman–Crippen MR) is 78.8 cm³/mol. The number of hydrogen-bond acceptors (Lipinski definition) is 2. The van der Waals surface area contributed by atoms with E-state index in [9.17, 15) is 0 Å². The summed E-state index contributed by atoms with van der Waals surface area (Å²) in [7, 11) is 0. The number of alkyl halides is 1. The van der Waals surface area contributed by atoms with Gasteiger partial charge >= 0.3 is 0 Å². The summed E-state index contributed by atoms with van der Waals surface area (Å²) in [5.74, 6) is 0.0251. The van der Waals surface area contributed by atoms with Crippen molar-refractivity contribution in [1.29, 1.82) is 0 Å². The molecule has 2 unspecified atom stereocenters. The van der Waals surface area contributed by atoms with Gasteiger partial charge in [0, 0.05) is 22.9 Å². The van der Waals surface area contributed by atoms with Gasteiger partial charge in [-0.25, -0.2) is 0 Å². The van der Waals surface area contributed by atoms with Gasteiger partial charge in [0.25, 0.3) is 0 Å². The maximum Gasteiger partial charge on any atom is 0.195 e. The zero-order valence-corrected chi connectivity index (χ0v) is 12.9. The summed E-state index contributed by atoms with van der Waals surface area (Å²) in [6, 6.07) is 7.71. The van der Waals surface area contributed by atoms with Crippen LogP contribution in [0.2, 0.25) is 5.02 Å². The van der Waals surface area contributed by atoms with E-state index < -0.39 is 5.79 Å². The lowest BCUT2D eigenvalue weighted by molar-refractivity contribution is -0.187. The summed E-state index contributed by atoms with van der Waals surface area (Å²) in [6.45, 7) is 4.09. The average molecular weight is 303 g/mol. The van der Waals surface area contributed by atoms with Crippen LogP contribution in [0.15, 0.2) is 24.3 Å². The molecule has 4 heteroatoms. The van der Waals surface area contributed by atoms with Gasteiger partial charge in [0.15, 0.2) is 5.79 Å². The maximum absolute atomic E-state index is 6.13. The summed E-state index contributed by atoms with van der Waals surface area (Å²) in [4.78, 5) is 0. The van der Waals surface area contributed by atoms with Gasteiger partial charge < -0.3 is 9.47 Å². The Morgan fingerprint density at radius 3 is 2.16 bits per heavy atom. The highest BCUT2D eigenvalue weighted by atomic mass is 35.5. The van der Waals surface area contributed by atoms with E-state index >= 15 is 0 Å². The molecule has 0 aromatic heterocycles. The first kappa shape index (κ1) is 15.1. The number of hydrogen-bond donors (Lipinski definition) is 0. The molecule has 1 aliphatic rings. The SMILES string of the molecule is CC1OC(CCCCCl)(c2ccc(Cl)cc2)OC1C. The van der Waals surface area contributed by atoms with E-state index in [1.165, 1.54) is 0 Å². The minimum atomic E-state index is -0.643. The smallest absolute Gasteiger partial charge is 0.195 e. The molecule has 0 saturated carbocycles. The number of unbranched alkanes of at least 4 members (excludes halogenated alkanes) is 1. The number of benzene rings is 1. The minimum absolute atomic E-state index is 0.0895. The van der Waals surface area contributed by atoms with Crippen LogP contribution < -0.4 is 0 Å². The van der Waals surface area contributed by atoms with E-state index in [2.05, 4.69) is 0 Å². The van der Waals surface area contributed by atoms with Crippen molar-refractivity contribution in [3.63, 3.8) is 0 Å². The van der Waals surface area contributed by atoms with Crippen LogP contribution in [0.25, 0.3) is 0 Å². The molecule has 2 atom stereocenters. The monoisotopic (exact) mass is 302 g/mol. The molecular formula is C15H20Cl2O2. The van der Waals surface area contributed by atoms with Crippen molar-refractivity contribution in [3.05, 3.63) is 34.9 Å². The number of ether oxygens (including phenoxy) is 2. The highest BCUT2D eigenvalue weighted by Gasteiger charge is 2.44. The predicted octanol–water partition coefficient (Wildman–Crippen LogP) is 4.73. The third-order valence-electron chi connectivity index (χ3n) is 3.59. The highest BCUT2D eigenvalue weighted by Crippen LogP contribution is 2.41. The summed E-state index contributed by atoms with van der Waals surface area (Å²) >= 11 is 11.7. The Hall–Kier alpha value is -0.280.